The van der Waals surface area contributed by atoms with Gasteiger partial charge in [-0.05, 0) is 30.5 Å². The number of amides is 2. The van der Waals surface area contributed by atoms with Crippen LogP contribution in [0.15, 0.2) is 24.3 Å². The molecule has 1 aliphatic rings. The second kappa shape index (κ2) is 6.41. The van der Waals surface area contributed by atoms with Gasteiger partial charge in [0, 0.05) is 31.7 Å². The number of nitrogens with one attached hydrogen (secondary N) is 1. The predicted molar refractivity (Wildman–Crippen MR) is 78.0 cm³/mol. The normalized spacial score (nSPS) is 18.6. The number of piperidine rings is 1. The maximum absolute atomic E-state index is 12.3. The summed E-state index contributed by atoms with van der Waals surface area (Å²) in [6.45, 7) is 2.88. The topological polar surface area (TPSA) is 75.4 Å². The van der Waals surface area contributed by atoms with Crippen molar-refractivity contribution in [3.63, 3.8) is 0 Å². The van der Waals surface area contributed by atoms with Crippen molar-refractivity contribution in [2.24, 2.45) is 0 Å². The summed E-state index contributed by atoms with van der Waals surface area (Å²) >= 11 is 0. The average Bonchev–Trinajstić information content (AvgIpc) is 2.41. The molecule has 108 valence electrons. The fourth-order valence-electron chi connectivity index (χ4n) is 2.53. The summed E-state index contributed by atoms with van der Waals surface area (Å²) in [4.78, 5) is 25.2. The lowest BCUT2D eigenvalue weighted by Crippen LogP contribution is -2.49. The van der Waals surface area contributed by atoms with E-state index in [1.165, 1.54) is 6.92 Å². The average molecular weight is 275 g/mol. The van der Waals surface area contributed by atoms with E-state index in [1.807, 2.05) is 17.0 Å². The van der Waals surface area contributed by atoms with Crippen LogP contribution in [0.5, 0.6) is 0 Å². The summed E-state index contributed by atoms with van der Waals surface area (Å²) in [6.07, 6.45) is 2.25. The van der Waals surface area contributed by atoms with Crippen LogP contribution in [0.25, 0.3) is 0 Å². The Morgan fingerprint density at radius 2 is 2.05 bits per heavy atom. The Bertz CT molecular complexity index is 484. The first-order valence-electron chi connectivity index (χ1n) is 6.94. The summed E-state index contributed by atoms with van der Waals surface area (Å²) in [7, 11) is 0. The molecule has 0 aromatic heterocycles. The second-order valence-electron chi connectivity index (χ2n) is 5.30. The summed E-state index contributed by atoms with van der Waals surface area (Å²) in [5.41, 5.74) is 7.29. The van der Waals surface area contributed by atoms with E-state index in [0.29, 0.717) is 18.7 Å². The molecule has 5 nitrogen and oxygen atoms in total. The zero-order valence-electron chi connectivity index (χ0n) is 11.8. The molecule has 1 aliphatic heterocycles. The Morgan fingerprint density at radius 3 is 2.70 bits per heavy atom. The molecule has 1 atom stereocenters. The maximum atomic E-state index is 12.3. The number of likely N-dealkylation sites (tertiary alicyclic amines) is 1. The van der Waals surface area contributed by atoms with Crippen molar-refractivity contribution in [2.45, 2.75) is 32.2 Å². The number of benzene rings is 1. The molecule has 2 amide bonds. The highest BCUT2D eigenvalue weighted by Crippen LogP contribution is 2.13. The first kappa shape index (κ1) is 14.4. The second-order valence-corrected chi connectivity index (χ2v) is 5.30. The van der Waals surface area contributed by atoms with Crippen molar-refractivity contribution in [1.82, 2.24) is 10.2 Å². The zero-order valence-corrected chi connectivity index (χ0v) is 11.8. The number of hydrogen-bond donors (Lipinski definition) is 2. The number of hydrogen-bond acceptors (Lipinski definition) is 3. The van der Waals surface area contributed by atoms with Gasteiger partial charge in [0.05, 0.1) is 6.42 Å². The standard InChI is InChI=1S/C15H21N3O2/c1-11(19)17-14-3-2-8-18(10-14)15(20)9-12-4-6-13(16)7-5-12/h4-7,14H,2-3,8-10,16H2,1H3,(H,17,19). The number of rotatable bonds is 3. The van der Waals surface area contributed by atoms with E-state index < -0.39 is 0 Å². The predicted octanol–water partition coefficient (Wildman–Crippen LogP) is 0.938. The van der Waals surface area contributed by atoms with Crippen LogP contribution in [-0.2, 0) is 16.0 Å². The molecule has 1 aromatic carbocycles. The fourth-order valence-corrected chi connectivity index (χ4v) is 2.53. The molecule has 5 heteroatoms. The number of anilines is 1. The first-order valence-corrected chi connectivity index (χ1v) is 6.94. The van der Waals surface area contributed by atoms with Crippen LogP contribution in [-0.4, -0.2) is 35.8 Å². The third-order valence-corrected chi connectivity index (χ3v) is 3.52. The highest BCUT2D eigenvalue weighted by molar-refractivity contribution is 5.79. The molecular formula is C15H21N3O2. The van der Waals surface area contributed by atoms with Crippen LogP contribution in [0, 0.1) is 0 Å². The van der Waals surface area contributed by atoms with E-state index in [4.69, 9.17) is 5.73 Å². The van der Waals surface area contributed by atoms with Crippen LogP contribution in [0.4, 0.5) is 5.69 Å². The molecule has 0 spiro atoms. The summed E-state index contributed by atoms with van der Waals surface area (Å²) < 4.78 is 0. The van der Waals surface area contributed by atoms with Gasteiger partial charge in [0.25, 0.3) is 0 Å². The largest absolute Gasteiger partial charge is 0.399 e. The van der Waals surface area contributed by atoms with Gasteiger partial charge in [-0.2, -0.15) is 0 Å². The Morgan fingerprint density at radius 1 is 1.35 bits per heavy atom. The van der Waals surface area contributed by atoms with Crippen molar-refractivity contribution in [2.75, 3.05) is 18.8 Å². The number of carbonyl (C=O) groups excluding carboxylic acids is 2. The van der Waals surface area contributed by atoms with Crippen LogP contribution < -0.4 is 11.1 Å². The van der Waals surface area contributed by atoms with Crippen LogP contribution in [0.3, 0.4) is 0 Å². The molecule has 1 unspecified atom stereocenters. The number of nitrogens with zero attached hydrogens (tertiary/aromatic N) is 1. The Hall–Kier alpha value is -2.04. The molecule has 1 saturated heterocycles. The van der Waals surface area contributed by atoms with E-state index in [2.05, 4.69) is 5.32 Å². The van der Waals surface area contributed by atoms with E-state index in [9.17, 15) is 9.59 Å². The third kappa shape index (κ3) is 3.98. The molecule has 0 aliphatic carbocycles. The maximum Gasteiger partial charge on any atom is 0.227 e. The third-order valence-electron chi connectivity index (χ3n) is 3.52. The van der Waals surface area contributed by atoms with Crippen LogP contribution in [0.1, 0.15) is 25.3 Å². The van der Waals surface area contributed by atoms with Gasteiger partial charge in [0.2, 0.25) is 11.8 Å². The molecule has 0 bridgehead atoms. The number of nitrogen functional groups attached to an aromatic ring is 1. The lowest BCUT2D eigenvalue weighted by Gasteiger charge is -2.33. The van der Waals surface area contributed by atoms with Gasteiger partial charge in [-0.1, -0.05) is 12.1 Å². The Kier molecular flexibility index (Phi) is 4.61. The number of nitrogens with two attached hydrogens (primary N) is 1. The van der Waals surface area contributed by atoms with E-state index >= 15 is 0 Å². The van der Waals surface area contributed by atoms with Crippen molar-refractivity contribution >= 4 is 17.5 Å². The van der Waals surface area contributed by atoms with Crippen LogP contribution >= 0.6 is 0 Å². The van der Waals surface area contributed by atoms with Crippen molar-refractivity contribution in [3.05, 3.63) is 29.8 Å². The highest BCUT2D eigenvalue weighted by Gasteiger charge is 2.23. The molecule has 0 saturated carbocycles. The van der Waals surface area contributed by atoms with E-state index in [0.717, 1.165) is 24.9 Å². The van der Waals surface area contributed by atoms with Gasteiger partial charge >= 0.3 is 0 Å². The highest BCUT2D eigenvalue weighted by atomic mass is 16.2. The Balaban J connectivity index is 1.91. The summed E-state index contributed by atoms with van der Waals surface area (Å²) in [6, 6.07) is 7.44. The Labute approximate surface area is 119 Å². The molecule has 20 heavy (non-hydrogen) atoms. The van der Waals surface area contributed by atoms with Gasteiger partial charge in [-0.3, -0.25) is 9.59 Å². The fraction of sp³-hybridized carbons (Fsp3) is 0.467. The van der Waals surface area contributed by atoms with Gasteiger partial charge < -0.3 is 16.0 Å². The monoisotopic (exact) mass is 275 g/mol. The van der Waals surface area contributed by atoms with Gasteiger partial charge in [-0.25, -0.2) is 0 Å². The molecular weight excluding hydrogens is 254 g/mol. The smallest absolute Gasteiger partial charge is 0.227 e. The summed E-state index contributed by atoms with van der Waals surface area (Å²) in [5.74, 6) is 0.0626. The van der Waals surface area contributed by atoms with Crippen molar-refractivity contribution in [3.8, 4) is 0 Å². The molecule has 1 heterocycles. The molecule has 1 aromatic rings. The minimum Gasteiger partial charge on any atom is -0.399 e. The molecule has 2 rings (SSSR count). The SMILES string of the molecule is CC(=O)NC1CCCN(C(=O)Cc2ccc(N)cc2)C1. The van der Waals surface area contributed by atoms with Crippen molar-refractivity contribution in [1.29, 1.82) is 0 Å². The summed E-state index contributed by atoms with van der Waals surface area (Å²) in [5, 5.41) is 2.89. The minimum atomic E-state index is -0.0390. The van der Waals surface area contributed by atoms with Gasteiger partial charge in [0.15, 0.2) is 0 Å². The molecule has 0 radical (unpaired) electrons. The number of carbonyl (C=O) groups is 2. The van der Waals surface area contributed by atoms with Crippen molar-refractivity contribution < 1.29 is 9.59 Å². The van der Waals surface area contributed by atoms with E-state index in [1.54, 1.807) is 12.1 Å². The van der Waals surface area contributed by atoms with E-state index in [-0.39, 0.29) is 17.9 Å². The minimum absolute atomic E-state index is 0.0390. The lowest BCUT2D eigenvalue weighted by molar-refractivity contribution is -0.132. The molecule has 3 N–H and O–H groups in total. The molecule has 1 fully saturated rings. The zero-order chi connectivity index (χ0) is 14.5. The van der Waals surface area contributed by atoms with Gasteiger partial charge in [-0.15, -0.1) is 0 Å². The first-order chi connectivity index (χ1) is 9.54. The lowest BCUT2D eigenvalue weighted by atomic mass is 10.0. The quantitative estimate of drug-likeness (QED) is 0.806. The van der Waals surface area contributed by atoms with Gasteiger partial charge in [0.1, 0.15) is 0 Å². The van der Waals surface area contributed by atoms with Crippen LogP contribution in [0.2, 0.25) is 0 Å².